The lowest BCUT2D eigenvalue weighted by atomic mass is 10.3. The molecule has 0 radical (unpaired) electrons. The van der Waals surface area contributed by atoms with Crippen molar-refractivity contribution in [1.82, 2.24) is 0 Å². The molecule has 0 N–H and O–H groups in total. The molecule has 3 nitrogen and oxygen atoms in total. The molecule has 0 amide bonds. The maximum absolute atomic E-state index is 10.8. The fourth-order valence-corrected chi connectivity index (χ4v) is 3.24. The Kier molecular flexibility index (Phi) is 3.26. The second-order valence-corrected chi connectivity index (χ2v) is 5.09. The van der Waals surface area contributed by atoms with Crippen LogP contribution < -0.4 is 0 Å². The van der Waals surface area contributed by atoms with Crippen molar-refractivity contribution in [3.63, 3.8) is 0 Å². The van der Waals surface area contributed by atoms with Gasteiger partial charge in [-0.25, -0.2) is 0 Å². The fraction of sp³-hybridized carbons (Fsp3) is 0.455. The lowest BCUT2D eigenvalue weighted by Gasteiger charge is -2.08. The van der Waals surface area contributed by atoms with E-state index in [9.17, 15) is 10.1 Å². The van der Waals surface area contributed by atoms with Crippen LogP contribution in [-0.2, 0) is 0 Å². The first-order valence-corrected chi connectivity index (χ1v) is 6.05. The molecule has 80 valence electrons. The second-order valence-electron chi connectivity index (χ2n) is 3.75. The Morgan fingerprint density at radius 1 is 1.27 bits per heavy atom. The normalized spacial score (nSPS) is 16.8. The van der Waals surface area contributed by atoms with Gasteiger partial charge in [-0.2, -0.15) is 0 Å². The van der Waals surface area contributed by atoms with Crippen LogP contribution in [0.5, 0.6) is 0 Å². The molecular formula is C11H13NO2S. The topological polar surface area (TPSA) is 43.1 Å². The average Bonchev–Trinajstić information content (AvgIpc) is 2.71. The summed E-state index contributed by atoms with van der Waals surface area (Å²) < 4.78 is 0. The van der Waals surface area contributed by atoms with Gasteiger partial charge in [0, 0.05) is 11.3 Å². The van der Waals surface area contributed by atoms with Crippen LogP contribution in [0.4, 0.5) is 5.69 Å². The van der Waals surface area contributed by atoms with Crippen molar-refractivity contribution in [2.24, 2.45) is 0 Å². The lowest BCUT2D eigenvalue weighted by molar-refractivity contribution is -0.387. The summed E-state index contributed by atoms with van der Waals surface area (Å²) in [6.45, 7) is 0. The first kappa shape index (κ1) is 10.5. The van der Waals surface area contributed by atoms with Gasteiger partial charge in [0.15, 0.2) is 0 Å². The van der Waals surface area contributed by atoms with E-state index in [1.807, 2.05) is 12.1 Å². The third-order valence-electron chi connectivity index (χ3n) is 2.66. The maximum atomic E-state index is 10.8. The molecule has 1 fully saturated rings. The Balaban J connectivity index is 2.15. The third-order valence-corrected chi connectivity index (χ3v) is 4.06. The van der Waals surface area contributed by atoms with E-state index in [1.54, 1.807) is 23.9 Å². The molecule has 1 aliphatic rings. The number of nitrogens with zero attached hydrogens (tertiary/aromatic N) is 1. The van der Waals surface area contributed by atoms with Crippen LogP contribution in [0.3, 0.4) is 0 Å². The van der Waals surface area contributed by atoms with E-state index < -0.39 is 0 Å². The Bertz CT molecular complexity index is 361. The van der Waals surface area contributed by atoms with Gasteiger partial charge in [-0.05, 0) is 18.9 Å². The molecule has 0 unspecified atom stereocenters. The molecule has 1 aliphatic carbocycles. The van der Waals surface area contributed by atoms with Gasteiger partial charge in [-0.15, -0.1) is 11.8 Å². The fourth-order valence-electron chi connectivity index (χ4n) is 1.89. The SMILES string of the molecule is O=[N+]([O-])c1ccccc1SC1CCCC1. The molecule has 0 bridgehead atoms. The van der Waals surface area contributed by atoms with Gasteiger partial charge in [0.25, 0.3) is 5.69 Å². The molecule has 0 heterocycles. The van der Waals surface area contributed by atoms with Crippen molar-refractivity contribution in [3.05, 3.63) is 34.4 Å². The number of rotatable bonds is 3. The maximum Gasteiger partial charge on any atom is 0.282 e. The van der Waals surface area contributed by atoms with Gasteiger partial charge < -0.3 is 0 Å². The van der Waals surface area contributed by atoms with E-state index in [-0.39, 0.29) is 10.6 Å². The first-order chi connectivity index (χ1) is 7.27. The molecular weight excluding hydrogens is 210 g/mol. The number of benzene rings is 1. The summed E-state index contributed by atoms with van der Waals surface area (Å²) >= 11 is 1.66. The van der Waals surface area contributed by atoms with Crippen molar-refractivity contribution in [1.29, 1.82) is 0 Å². The minimum atomic E-state index is -0.294. The molecule has 15 heavy (non-hydrogen) atoms. The van der Waals surface area contributed by atoms with Crippen LogP contribution in [0.15, 0.2) is 29.2 Å². The van der Waals surface area contributed by atoms with E-state index in [2.05, 4.69) is 0 Å². The van der Waals surface area contributed by atoms with Crippen LogP contribution in [0.1, 0.15) is 25.7 Å². The van der Waals surface area contributed by atoms with Gasteiger partial charge >= 0.3 is 0 Å². The number of hydrogen-bond acceptors (Lipinski definition) is 3. The number of thioether (sulfide) groups is 1. The van der Waals surface area contributed by atoms with Crippen LogP contribution in [0.2, 0.25) is 0 Å². The van der Waals surface area contributed by atoms with Crippen LogP contribution in [-0.4, -0.2) is 10.2 Å². The minimum Gasteiger partial charge on any atom is -0.258 e. The summed E-state index contributed by atoms with van der Waals surface area (Å²) in [4.78, 5) is 11.3. The number of hydrogen-bond donors (Lipinski definition) is 0. The predicted octanol–water partition coefficient (Wildman–Crippen LogP) is 3.63. The van der Waals surface area contributed by atoms with Crippen LogP contribution in [0.25, 0.3) is 0 Å². The van der Waals surface area contributed by atoms with Gasteiger partial charge in [-0.1, -0.05) is 25.0 Å². The average molecular weight is 223 g/mol. The first-order valence-electron chi connectivity index (χ1n) is 5.17. The monoisotopic (exact) mass is 223 g/mol. The van der Waals surface area contributed by atoms with Crippen molar-refractivity contribution in [2.75, 3.05) is 0 Å². The number of para-hydroxylation sites is 1. The highest BCUT2D eigenvalue weighted by Crippen LogP contribution is 2.38. The molecule has 1 aromatic rings. The summed E-state index contributed by atoms with van der Waals surface area (Å²) in [5.41, 5.74) is 0.245. The second kappa shape index (κ2) is 4.66. The van der Waals surface area contributed by atoms with Crippen molar-refractivity contribution >= 4 is 17.4 Å². The lowest BCUT2D eigenvalue weighted by Crippen LogP contribution is -1.96. The molecule has 0 saturated heterocycles. The molecule has 0 aromatic heterocycles. The highest BCUT2D eigenvalue weighted by Gasteiger charge is 2.20. The summed E-state index contributed by atoms with van der Waals surface area (Å²) in [5, 5.41) is 11.4. The molecule has 1 aromatic carbocycles. The standard InChI is InChI=1S/C11H13NO2S/c13-12(14)10-7-3-4-8-11(10)15-9-5-1-2-6-9/h3-4,7-9H,1-2,5-6H2. The van der Waals surface area contributed by atoms with Gasteiger partial charge in [-0.3, -0.25) is 10.1 Å². The molecule has 2 rings (SSSR count). The summed E-state index contributed by atoms with van der Waals surface area (Å²) in [6, 6.07) is 7.01. The molecule has 0 aliphatic heterocycles. The smallest absolute Gasteiger partial charge is 0.258 e. The highest BCUT2D eigenvalue weighted by molar-refractivity contribution is 8.00. The number of nitro benzene ring substituents is 1. The molecule has 0 atom stereocenters. The predicted molar refractivity (Wildman–Crippen MR) is 61.2 cm³/mol. The molecule has 1 saturated carbocycles. The van der Waals surface area contributed by atoms with E-state index in [0.717, 1.165) is 4.90 Å². The van der Waals surface area contributed by atoms with Crippen LogP contribution in [0, 0.1) is 10.1 Å². The van der Waals surface area contributed by atoms with Crippen molar-refractivity contribution in [2.45, 2.75) is 35.8 Å². The van der Waals surface area contributed by atoms with Crippen molar-refractivity contribution < 1.29 is 4.92 Å². The summed E-state index contributed by atoms with van der Waals surface area (Å²) in [5.74, 6) is 0. The molecule has 0 spiro atoms. The summed E-state index contributed by atoms with van der Waals surface area (Å²) in [7, 11) is 0. The Morgan fingerprint density at radius 2 is 1.93 bits per heavy atom. The van der Waals surface area contributed by atoms with Gasteiger partial charge in [0.05, 0.1) is 9.82 Å². The van der Waals surface area contributed by atoms with Gasteiger partial charge in [0.2, 0.25) is 0 Å². The zero-order chi connectivity index (χ0) is 10.7. The quantitative estimate of drug-likeness (QED) is 0.580. The Morgan fingerprint density at radius 3 is 2.60 bits per heavy atom. The van der Waals surface area contributed by atoms with Crippen LogP contribution >= 0.6 is 11.8 Å². The zero-order valence-corrected chi connectivity index (χ0v) is 9.20. The summed E-state index contributed by atoms with van der Waals surface area (Å²) in [6.07, 6.45) is 4.91. The minimum absolute atomic E-state index is 0.245. The van der Waals surface area contributed by atoms with Gasteiger partial charge in [0.1, 0.15) is 0 Å². The highest BCUT2D eigenvalue weighted by atomic mass is 32.2. The van der Waals surface area contributed by atoms with E-state index in [4.69, 9.17) is 0 Å². The Hall–Kier alpha value is -1.03. The number of nitro groups is 1. The van der Waals surface area contributed by atoms with Crippen molar-refractivity contribution in [3.8, 4) is 0 Å². The Labute approximate surface area is 93.0 Å². The molecule has 4 heteroatoms. The van der Waals surface area contributed by atoms with E-state index in [0.29, 0.717) is 5.25 Å². The largest absolute Gasteiger partial charge is 0.282 e. The zero-order valence-electron chi connectivity index (χ0n) is 8.39. The van der Waals surface area contributed by atoms with E-state index in [1.165, 1.54) is 25.7 Å². The third kappa shape index (κ3) is 2.50. The van der Waals surface area contributed by atoms with E-state index >= 15 is 0 Å².